The molecule has 11 heavy (non-hydrogen) atoms. The first-order valence-electron chi connectivity index (χ1n) is 4.97. The summed E-state index contributed by atoms with van der Waals surface area (Å²) in [5.41, 5.74) is 0. The lowest BCUT2D eigenvalue weighted by Crippen LogP contribution is -2.18. The van der Waals surface area contributed by atoms with Gasteiger partial charge < -0.3 is 5.32 Å². The maximum absolute atomic E-state index is 3.24. The zero-order valence-electron chi connectivity index (χ0n) is 7.90. The molecule has 1 fully saturated rings. The van der Waals surface area contributed by atoms with Gasteiger partial charge in [-0.05, 0) is 31.8 Å². The van der Waals surface area contributed by atoms with Crippen LogP contribution in [0.2, 0.25) is 0 Å². The van der Waals surface area contributed by atoms with E-state index >= 15 is 0 Å². The van der Waals surface area contributed by atoms with E-state index in [4.69, 9.17) is 0 Å². The number of rotatable bonds is 4. The molecule has 1 heteroatoms. The Morgan fingerprint density at radius 3 is 2.55 bits per heavy atom. The van der Waals surface area contributed by atoms with Gasteiger partial charge in [-0.2, -0.15) is 0 Å². The quantitative estimate of drug-likeness (QED) is 0.657. The molecule has 1 nitrogen and oxygen atoms in total. The van der Waals surface area contributed by atoms with Gasteiger partial charge in [0.1, 0.15) is 0 Å². The van der Waals surface area contributed by atoms with Gasteiger partial charge >= 0.3 is 0 Å². The molecule has 0 aromatic carbocycles. The van der Waals surface area contributed by atoms with Crippen molar-refractivity contribution in [2.45, 2.75) is 39.0 Å². The summed E-state index contributed by atoms with van der Waals surface area (Å²) in [5.74, 6) is 1.93. The molecule has 0 aliphatic heterocycles. The maximum Gasteiger partial charge on any atom is -0.00261 e. The van der Waals surface area contributed by atoms with Gasteiger partial charge in [-0.25, -0.2) is 0 Å². The fourth-order valence-corrected chi connectivity index (χ4v) is 2.25. The van der Waals surface area contributed by atoms with Gasteiger partial charge in [0.25, 0.3) is 0 Å². The second-order valence-corrected chi connectivity index (χ2v) is 4.05. The predicted octanol–water partition coefficient (Wildman–Crippen LogP) is 2.42. The van der Waals surface area contributed by atoms with Gasteiger partial charge in [-0.3, -0.25) is 0 Å². The monoisotopic (exact) mass is 155 g/mol. The molecule has 0 heterocycles. The van der Waals surface area contributed by atoms with Crippen LogP contribution < -0.4 is 5.32 Å². The Labute approximate surface area is 70.6 Å². The lowest BCUT2D eigenvalue weighted by Gasteiger charge is -2.15. The summed E-state index contributed by atoms with van der Waals surface area (Å²) in [4.78, 5) is 0. The van der Waals surface area contributed by atoms with Crippen molar-refractivity contribution < 1.29 is 0 Å². The van der Waals surface area contributed by atoms with Crippen LogP contribution in [0.4, 0.5) is 0 Å². The molecule has 1 aliphatic rings. The Morgan fingerprint density at radius 2 is 2.00 bits per heavy atom. The van der Waals surface area contributed by atoms with Crippen molar-refractivity contribution in [3.05, 3.63) is 0 Å². The summed E-state index contributed by atoms with van der Waals surface area (Å²) in [6.07, 6.45) is 7.40. The van der Waals surface area contributed by atoms with Crippen molar-refractivity contribution >= 4 is 0 Å². The highest BCUT2D eigenvalue weighted by molar-refractivity contribution is 4.70. The minimum atomic E-state index is 0.878. The van der Waals surface area contributed by atoms with Crippen molar-refractivity contribution in [1.29, 1.82) is 0 Å². The van der Waals surface area contributed by atoms with E-state index in [2.05, 4.69) is 12.2 Å². The Hall–Kier alpha value is -0.0400. The van der Waals surface area contributed by atoms with Crippen LogP contribution in [0.15, 0.2) is 0 Å². The van der Waals surface area contributed by atoms with Crippen molar-refractivity contribution in [3.63, 3.8) is 0 Å². The summed E-state index contributed by atoms with van der Waals surface area (Å²) in [6, 6.07) is 0. The van der Waals surface area contributed by atoms with Crippen LogP contribution in [0, 0.1) is 11.8 Å². The van der Waals surface area contributed by atoms with Gasteiger partial charge in [0, 0.05) is 0 Å². The average molecular weight is 155 g/mol. The SMILES string of the molecule is CNCC(C)CC1CCCC1. The Morgan fingerprint density at radius 1 is 1.36 bits per heavy atom. The lowest BCUT2D eigenvalue weighted by molar-refractivity contribution is 0.389. The molecular formula is C10H21N. The Kier molecular flexibility index (Phi) is 3.92. The number of hydrogen-bond acceptors (Lipinski definition) is 1. The summed E-state index contributed by atoms with van der Waals surface area (Å²) >= 11 is 0. The van der Waals surface area contributed by atoms with Crippen LogP contribution in [-0.2, 0) is 0 Å². The molecule has 0 amide bonds. The first-order chi connectivity index (χ1) is 5.33. The molecule has 1 atom stereocenters. The van der Waals surface area contributed by atoms with E-state index in [0.717, 1.165) is 11.8 Å². The molecular weight excluding hydrogens is 134 g/mol. The van der Waals surface area contributed by atoms with Crippen molar-refractivity contribution in [2.24, 2.45) is 11.8 Å². The average Bonchev–Trinajstić information content (AvgIpc) is 2.40. The molecule has 1 N–H and O–H groups in total. The van der Waals surface area contributed by atoms with Gasteiger partial charge in [0.15, 0.2) is 0 Å². The molecule has 0 bridgehead atoms. The lowest BCUT2D eigenvalue weighted by atomic mass is 9.95. The molecule has 1 unspecified atom stereocenters. The first-order valence-corrected chi connectivity index (χ1v) is 4.97. The topological polar surface area (TPSA) is 12.0 Å². The van der Waals surface area contributed by atoms with E-state index in [1.165, 1.54) is 38.6 Å². The highest BCUT2D eigenvalue weighted by Crippen LogP contribution is 2.29. The first kappa shape index (κ1) is 9.05. The largest absolute Gasteiger partial charge is 0.319 e. The van der Waals surface area contributed by atoms with E-state index in [1.807, 2.05) is 7.05 Å². The highest BCUT2D eigenvalue weighted by Gasteiger charge is 2.16. The third-order valence-corrected chi connectivity index (χ3v) is 2.76. The van der Waals surface area contributed by atoms with Crippen LogP contribution in [0.3, 0.4) is 0 Å². The van der Waals surface area contributed by atoms with Crippen LogP contribution in [0.1, 0.15) is 39.0 Å². The fourth-order valence-electron chi connectivity index (χ4n) is 2.25. The van der Waals surface area contributed by atoms with Crippen LogP contribution in [-0.4, -0.2) is 13.6 Å². The third-order valence-electron chi connectivity index (χ3n) is 2.76. The molecule has 0 radical (unpaired) electrons. The predicted molar refractivity (Wildman–Crippen MR) is 49.7 cm³/mol. The number of hydrogen-bond donors (Lipinski definition) is 1. The smallest absolute Gasteiger partial charge is 0.00261 e. The van der Waals surface area contributed by atoms with E-state index in [9.17, 15) is 0 Å². The molecule has 0 saturated heterocycles. The van der Waals surface area contributed by atoms with Crippen molar-refractivity contribution in [2.75, 3.05) is 13.6 Å². The second-order valence-electron chi connectivity index (χ2n) is 4.05. The molecule has 1 rings (SSSR count). The zero-order chi connectivity index (χ0) is 8.10. The summed E-state index contributed by atoms with van der Waals surface area (Å²) in [7, 11) is 2.05. The van der Waals surface area contributed by atoms with Crippen molar-refractivity contribution in [1.82, 2.24) is 5.32 Å². The van der Waals surface area contributed by atoms with Crippen LogP contribution >= 0.6 is 0 Å². The maximum atomic E-state index is 3.24. The fraction of sp³-hybridized carbons (Fsp3) is 1.00. The van der Waals surface area contributed by atoms with E-state index in [-0.39, 0.29) is 0 Å². The van der Waals surface area contributed by atoms with Crippen LogP contribution in [0.5, 0.6) is 0 Å². The van der Waals surface area contributed by atoms with Crippen molar-refractivity contribution in [3.8, 4) is 0 Å². The van der Waals surface area contributed by atoms with E-state index in [1.54, 1.807) is 0 Å². The molecule has 0 spiro atoms. The van der Waals surface area contributed by atoms with E-state index in [0.29, 0.717) is 0 Å². The summed E-state index contributed by atoms with van der Waals surface area (Å²) < 4.78 is 0. The standard InChI is InChI=1S/C10H21N/c1-9(8-11-2)7-10-5-3-4-6-10/h9-11H,3-8H2,1-2H3. The van der Waals surface area contributed by atoms with Crippen LogP contribution in [0.25, 0.3) is 0 Å². The third kappa shape index (κ3) is 3.24. The van der Waals surface area contributed by atoms with Gasteiger partial charge in [-0.15, -0.1) is 0 Å². The minimum absolute atomic E-state index is 0.878. The van der Waals surface area contributed by atoms with Gasteiger partial charge in [-0.1, -0.05) is 32.6 Å². The number of nitrogens with one attached hydrogen (secondary N) is 1. The second kappa shape index (κ2) is 4.76. The molecule has 0 aromatic heterocycles. The summed E-state index contributed by atoms with van der Waals surface area (Å²) in [5, 5.41) is 3.24. The highest BCUT2D eigenvalue weighted by atomic mass is 14.8. The Bertz CT molecular complexity index is 95.0. The zero-order valence-corrected chi connectivity index (χ0v) is 7.90. The van der Waals surface area contributed by atoms with E-state index < -0.39 is 0 Å². The Balaban J connectivity index is 2.08. The normalized spacial score (nSPS) is 22.4. The molecule has 66 valence electrons. The molecule has 1 saturated carbocycles. The van der Waals surface area contributed by atoms with Gasteiger partial charge in [0.2, 0.25) is 0 Å². The minimum Gasteiger partial charge on any atom is -0.319 e. The molecule has 1 aliphatic carbocycles. The van der Waals surface area contributed by atoms with Gasteiger partial charge in [0.05, 0.1) is 0 Å². The summed E-state index contributed by atoms with van der Waals surface area (Å²) in [6.45, 7) is 3.55. The molecule has 0 aromatic rings.